The minimum absolute atomic E-state index is 0.149. The monoisotopic (exact) mass is 378 g/mol. The van der Waals surface area contributed by atoms with Crippen molar-refractivity contribution in [2.75, 3.05) is 18.4 Å². The summed E-state index contributed by atoms with van der Waals surface area (Å²) in [5, 5.41) is 11.6. The quantitative estimate of drug-likeness (QED) is 0.788. The van der Waals surface area contributed by atoms with E-state index < -0.39 is 18.5 Å². The van der Waals surface area contributed by atoms with Crippen molar-refractivity contribution >= 4 is 56.8 Å². The number of benzene rings is 1. The Hall–Kier alpha value is -1.42. The molecule has 5 nitrogen and oxygen atoms in total. The molecule has 0 aliphatic heterocycles. The van der Waals surface area contributed by atoms with E-state index in [-0.39, 0.29) is 22.3 Å². The van der Waals surface area contributed by atoms with E-state index >= 15 is 0 Å². The predicted octanol–water partition coefficient (Wildman–Crippen LogP) is 3.31. The molecule has 0 radical (unpaired) electrons. The van der Waals surface area contributed by atoms with Crippen LogP contribution < -0.4 is 5.32 Å². The van der Waals surface area contributed by atoms with E-state index in [9.17, 15) is 9.59 Å². The molecule has 1 aromatic rings. The van der Waals surface area contributed by atoms with Gasteiger partial charge < -0.3 is 15.3 Å². The van der Waals surface area contributed by atoms with Crippen LogP contribution >= 0.6 is 39.1 Å². The molecule has 0 aliphatic carbocycles. The van der Waals surface area contributed by atoms with Crippen molar-refractivity contribution in [2.24, 2.45) is 0 Å². The highest BCUT2D eigenvalue weighted by Gasteiger charge is 2.18. The van der Waals surface area contributed by atoms with E-state index in [1.165, 1.54) is 0 Å². The first kappa shape index (κ1) is 16.6. The number of halogens is 3. The summed E-state index contributed by atoms with van der Waals surface area (Å²) in [6.07, 6.45) is 5.09. The molecule has 0 spiro atoms. The van der Waals surface area contributed by atoms with Crippen molar-refractivity contribution in [1.82, 2.24) is 4.90 Å². The Morgan fingerprint density at radius 2 is 1.95 bits per heavy atom. The number of aliphatic carboxylic acids is 1. The number of carboxylic acids is 1. The van der Waals surface area contributed by atoms with Crippen molar-refractivity contribution in [1.29, 1.82) is 0 Å². The normalized spacial score (nSPS) is 9.70. The number of nitrogens with zero attached hydrogens (tertiary/aromatic N) is 1. The van der Waals surface area contributed by atoms with Crippen LogP contribution in [0.5, 0.6) is 0 Å². The van der Waals surface area contributed by atoms with Crippen LogP contribution in [0.2, 0.25) is 10.0 Å². The average Bonchev–Trinajstić information content (AvgIpc) is 2.32. The van der Waals surface area contributed by atoms with Gasteiger partial charge in [-0.2, -0.15) is 0 Å². The molecule has 0 fully saturated rings. The maximum atomic E-state index is 12.0. The zero-order chi connectivity index (χ0) is 15.3. The van der Waals surface area contributed by atoms with E-state index in [2.05, 4.69) is 27.2 Å². The molecule has 20 heavy (non-hydrogen) atoms. The number of carbonyl (C=O) groups excluding carboxylic acids is 1. The molecule has 106 valence electrons. The van der Waals surface area contributed by atoms with E-state index in [1.54, 1.807) is 12.1 Å². The van der Waals surface area contributed by atoms with Crippen LogP contribution in [0.1, 0.15) is 0 Å². The molecule has 1 aromatic carbocycles. The zero-order valence-electron chi connectivity index (χ0n) is 9.99. The lowest BCUT2D eigenvalue weighted by Crippen LogP contribution is -2.39. The molecule has 2 amide bonds. The number of rotatable bonds is 4. The Morgan fingerprint density at radius 1 is 1.40 bits per heavy atom. The first-order valence-corrected chi connectivity index (χ1v) is 6.75. The van der Waals surface area contributed by atoms with Crippen LogP contribution in [-0.4, -0.2) is 35.1 Å². The number of carbonyl (C=O) groups is 2. The van der Waals surface area contributed by atoms with Crippen LogP contribution in [0.25, 0.3) is 0 Å². The van der Waals surface area contributed by atoms with Crippen LogP contribution in [0.4, 0.5) is 10.5 Å². The van der Waals surface area contributed by atoms with E-state index in [4.69, 9.17) is 34.7 Å². The second-order valence-electron chi connectivity index (χ2n) is 3.63. The summed E-state index contributed by atoms with van der Waals surface area (Å²) < 4.78 is 0.650. The van der Waals surface area contributed by atoms with Crippen molar-refractivity contribution < 1.29 is 14.7 Å². The highest BCUT2D eigenvalue weighted by Crippen LogP contribution is 2.33. The van der Waals surface area contributed by atoms with Gasteiger partial charge in [0.25, 0.3) is 0 Å². The molecular formula is C12H9BrCl2N2O3. The lowest BCUT2D eigenvalue weighted by Gasteiger charge is -2.19. The SMILES string of the molecule is C#CCN(CC(=O)O)C(=O)Nc1c(Cl)cc(Br)cc1Cl. The molecule has 1 rings (SSSR count). The molecular weight excluding hydrogens is 371 g/mol. The first-order chi connectivity index (χ1) is 9.35. The van der Waals surface area contributed by atoms with Crippen LogP contribution in [0, 0.1) is 12.3 Å². The lowest BCUT2D eigenvalue weighted by atomic mass is 10.3. The molecule has 0 saturated heterocycles. The largest absolute Gasteiger partial charge is 0.480 e. The molecule has 0 saturated carbocycles. The van der Waals surface area contributed by atoms with Gasteiger partial charge in [-0.1, -0.05) is 45.1 Å². The van der Waals surface area contributed by atoms with Crippen molar-refractivity contribution in [3.05, 3.63) is 26.7 Å². The molecule has 0 atom stereocenters. The van der Waals surface area contributed by atoms with Gasteiger partial charge in [-0.3, -0.25) is 4.79 Å². The number of hydrogen-bond acceptors (Lipinski definition) is 2. The van der Waals surface area contributed by atoms with Gasteiger partial charge in [0.15, 0.2) is 0 Å². The third-order valence-electron chi connectivity index (χ3n) is 2.13. The fraction of sp³-hybridized carbons (Fsp3) is 0.167. The predicted molar refractivity (Wildman–Crippen MR) is 81.2 cm³/mol. The topological polar surface area (TPSA) is 69.6 Å². The summed E-state index contributed by atoms with van der Waals surface area (Å²) in [7, 11) is 0. The summed E-state index contributed by atoms with van der Waals surface area (Å²) in [4.78, 5) is 23.6. The van der Waals surface area contributed by atoms with Gasteiger partial charge in [0.1, 0.15) is 6.54 Å². The second kappa shape index (κ2) is 7.39. The van der Waals surface area contributed by atoms with Gasteiger partial charge in [0, 0.05) is 4.47 Å². The molecule has 2 N–H and O–H groups in total. The highest BCUT2D eigenvalue weighted by atomic mass is 79.9. The number of hydrogen-bond donors (Lipinski definition) is 2. The van der Waals surface area contributed by atoms with E-state index in [0.29, 0.717) is 4.47 Å². The minimum atomic E-state index is -1.18. The standard InChI is InChI=1S/C12H9BrCl2N2O3/c1-2-3-17(6-10(18)19)12(20)16-11-8(14)4-7(13)5-9(11)15/h1,4-5H,3,6H2,(H,16,20)(H,18,19). The van der Waals surface area contributed by atoms with E-state index in [1.807, 2.05) is 0 Å². The van der Waals surface area contributed by atoms with Crippen LogP contribution in [0.15, 0.2) is 16.6 Å². The van der Waals surface area contributed by atoms with Gasteiger partial charge in [0.2, 0.25) is 0 Å². The number of urea groups is 1. The number of nitrogens with one attached hydrogen (secondary N) is 1. The maximum absolute atomic E-state index is 12.0. The van der Waals surface area contributed by atoms with Crippen LogP contribution in [-0.2, 0) is 4.79 Å². The number of carboxylic acid groups (broad SMARTS) is 1. The Kier molecular flexibility index (Phi) is 6.14. The molecule has 0 aliphatic rings. The van der Waals surface area contributed by atoms with Gasteiger partial charge in [-0.15, -0.1) is 6.42 Å². The maximum Gasteiger partial charge on any atom is 0.323 e. The molecule has 0 bridgehead atoms. The third kappa shape index (κ3) is 4.60. The van der Waals surface area contributed by atoms with Gasteiger partial charge in [0.05, 0.1) is 22.3 Å². The van der Waals surface area contributed by atoms with Gasteiger partial charge in [-0.05, 0) is 12.1 Å². The highest BCUT2D eigenvalue weighted by molar-refractivity contribution is 9.10. The smallest absolute Gasteiger partial charge is 0.323 e. The van der Waals surface area contributed by atoms with Crippen molar-refractivity contribution in [2.45, 2.75) is 0 Å². The Labute approximate surface area is 134 Å². The Bertz CT molecular complexity index is 564. The number of amides is 2. The Balaban J connectivity index is 2.94. The van der Waals surface area contributed by atoms with Gasteiger partial charge >= 0.3 is 12.0 Å². The van der Waals surface area contributed by atoms with Crippen molar-refractivity contribution in [3.8, 4) is 12.3 Å². The Morgan fingerprint density at radius 3 is 2.40 bits per heavy atom. The summed E-state index contributed by atoms with van der Waals surface area (Å²) in [5.74, 6) is 1.03. The molecule has 8 heteroatoms. The summed E-state index contributed by atoms with van der Waals surface area (Å²) in [6.45, 7) is -0.675. The second-order valence-corrected chi connectivity index (χ2v) is 5.36. The van der Waals surface area contributed by atoms with E-state index in [0.717, 1.165) is 4.90 Å². The number of terminal acetylenes is 1. The average molecular weight is 380 g/mol. The minimum Gasteiger partial charge on any atom is -0.480 e. The lowest BCUT2D eigenvalue weighted by molar-refractivity contribution is -0.137. The molecule has 0 aromatic heterocycles. The molecule has 0 unspecified atom stereocenters. The third-order valence-corrected chi connectivity index (χ3v) is 3.19. The summed E-state index contributed by atoms with van der Waals surface area (Å²) in [6, 6.07) is 2.40. The summed E-state index contributed by atoms with van der Waals surface area (Å²) in [5.41, 5.74) is 0.189. The van der Waals surface area contributed by atoms with Crippen molar-refractivity contribution in [3.63, 3.8) is 0 Å². The fourth-order valence-corrected chi connectivity index (χ4v) is 2.62. The zero-order valence-corrected chi connectivity index (χ0v) is 13.1. The van der Waals surface area contributed by atoms with Crippen LogP contribution in [0.3, 0.4) is 0 Å². The van der Waals surface area contributed by atoms with Gasteiger partial charge in [-0.25, -0.2) is 4.79 Å². The molecule has 0 heterocycles. The fourth-order valence-electron chi connectivity index (χ4n) is 1.32. The summed E-state index contributed by atoms with van der Waals surface area (Å²) >= 11 is 15.1. The first-order valence-electron chi connectivity index (χ1n) is 5.21. The number of anilines is 1.